The Morgan fingerprint density at radius 1 is 1.13 bits per heavy atom. The predicted octanol–water partition coefficient (Wildman–Crippen LogP) is 3.35. The molecular weight excluding hydrogens is 310 g/mol. The minimum atomic E-state index is 0.325. The zero-order valence-corrected chi connectivity index (χ0v) is 14.3. The third-order valence-corrected chi connectivity index (χ3v) is 4.00. The summed E-state index contributed by atoms with van der Waals surface area (Å²) in [6.45, 7) is 0.514. The van der Waals surface area contributed by atoms with Crippen LogP contribution in [0.4, 0.5) is 5.69 Å². The van der Waals surface area contributed by atoms with Gasteiger partial charge in [0.2, 0.25) is 0 Å². The molecule has 23 heavy (non-hydrogen) atoms. The second kappa shape index (κ2) is 8.33. The molecule has 122 valence electrons. The van der Waals surface area contributed by atoms with E-state index in [1.54, 1.807) is 26.0 Å². The van der Waals surface area contributed by atoms with Gasteiger partial charge in [0.15, 0.2) is 5.96 Å². The van der Waals surface area contributed by atoms with Crippen molar-refractivity contribution < 1.29 is 9.47 Å². The van der Waals surface area contributed by atoms with Crippen molar-refractivity contribution in [2.24, 2.45) is 10.7 Å². The van der Waals surface area contributed by atoms with Gasteiger partial charge in [-0.2, -0.15) is 0 Å². The third kappa shape index (κ3) is 4.82. The van der Waals surface area contributed by atoms with E-state index in [1.807, 2.05) is 18.2 Å². The SMILES string of the molecule is COc1ccc(OC)c(NC(N)=NCc2ccc(SC)cc2)c1. The van der Waals surface area contributed by atoms with Gasteiger partial charge in [0.05, 0.1) is 26.5 Å². The van der Waals surface area contributed by atoms with E-state index < -0.39 is 0 Å². The molecule has 0 unspecified atom stereocenters. The zero-order valence-electron chi connectivity index (χ0n) is 13.5. The maximum absolute atomic E-state index is 5.96. The number of rotatable bonds is 6. The van der Waals surface area contributed by atoms with Crippen molar-refractivity contribution in [2.75, 3.05) is 25.8 Å². The van der Waals surface area contributed by atoms with Crippen LogP contribution in [0.1, 0.15) is 5.56 Å². The number of anilines is 1. The van der Waals surface area contributed by atoms with Crippen LogP contribution in [0.5, 0.6) is 11.5 Å². The summed E-state index contributed by atoms with van der Waals surface area (Å²) in [7, 11) is 3.22. The highest BCUT2D eigenvalue weighted by Crippen LogP contribution is 2.28. The molecule has 0 aliphatic carbocycles. The van der Waals surface area contributed by atoms with Crippen molar-refractivity contribution in [3.05, 3.63) is 48.0 Å². The van der Waals surface area contributed by atoms with Gasteiger partial charge in [0.1, 0.15) is 11.5 Å². The standard InChI is InChI=1S/C17H21N3O2S/c1-21-13-6-9-16(22-2)15(10-13)20-17(18)19-11-12-4-7-14(23-3)8-5-12/h4-10H,11H2,1-3H3,(H3,18,19,20). The molecule has 0 spiro atoms. The van der Waals surface area contributed by atoms with Crippen LogP contribution in [-0.4, -0.2) is 26.4 Å². The van der Waals surface area contributed by atoms with Crippen molar-refractivity contribution in [1.82, 2.24) is 0 Å². The van der Waals surface area contributed by atoms with Crippen molar-refractivity contribution >= 4 is 23.4 Å². The summed E-state index contributed by atoms with van der Waals surface area (Å²) in [6.07, 6.45) is 2.05. The molecule has 0 aliphatic heterocycles. The molecule has 0 radical (unpaired) electrons. The van der Waals surface area contributed by atoms with Crippen LogP contribution in [-0.2, 0) is 6.54 Å². The Hall–Kier alpha value is -2.34. The number of nitrogens with one attached hydrogen (secondary N) is 1. The lowest BCUT2D eigenvalue weighted by Gasteiger charge is -2.12. The fourth-order valence-corrected chi connectivity index (χ4v) is 2.40. The number of nitrogens with two attached hydrogens (primary N) is 1. The van der Waals surface area contributed by atoms with Crippen LogP contribution >= 0.6 is 11.8 Å². The second-order valence-corrected chi connectivity index (χ2v) is 5.62. The number of hydrogen-bond acceptors (Lipinski definition) is 4. The number of aliphatic imine (C=N–C) groups is 1. The smallest absolute Gasteiger partial charge is 0.193 e. The van der Waals surface area contributed by atoms with Gasteiger partial charge in [-0.15, -0.1) is 11.8 Å². The first-order valence-electron chi connectivity index (χ1n) is 7.08. The van der Waals surface area contributed by atoms with Gasteiger partial charge in [0.25, 0.3) is 0 Å². The summed E-state index contributed by atoms with van der Waals surface area (Å²) in [5, 5.41) is 3.05. The molecule has 0 saturated carbocycles. The van der Waals surface area contributed by atoms with E-state index in [0.29, 0.717) is 29.7 Å². The van der Waals surface area contributed by atoms with Crippen LogP contribution in [0, 0.1) is 0 Å². The van der Waals surface area contributed by atoms with Gasteiger partial charge in [-0.25, -0.2) is 4.99 Å². The largest absolute Gasteiger partial charge is 0.497 e. The average molecular weight is 331 g/mol. The Bertz CT molecular complexity index is 672. The molecule has 0 aliphatic rings. The number of thioether (sulfide) groups is 1. The summed E-state index contributed by atoms with van der Waals surface area (Å²) in [4.78, 5) is 5.58. The number of methoxy groups -OCH3 is 2. The number of nitrogens with zero attached hydrogens (tertiary/aromatic N) is 1. The first-order chi connectivity index (χ1) is 11.2. The molecule has 0 saturated heterocycles. The lowest BCUT2D eigenvalue weighted by Crippen LogP contribution is -2.23. The number of ether oxygens (including phenoxy) is 2. The maximum atomic E-state index is 5.96. The number of guanidine groups is 1. The minimum Gasteiger partial charge on any atom is -0.497 e. The van der Waals surface area contributed by atoms with E-state index in [1.165, 1.54) is 4.90 Å². The predicted molar refractivity (Wildman–Crippen MR) is 96.7 cm³/mol. The molecule has 3 N–H and O–H groups in total. The van der Waals surface area contributed by atoms with E-state index in [2.05, 4.69) is 40.8 Å². The molecule has 0 heterocycles. The van der Waals surface area contributed by atoms with Gasteiger partial charge in [-0.1, -0.05) is 12.1 Å². The van der Waals surface area contributed by atoms with E-state index in [9.17, 15) is 0 Å². The fourth-order valence-electron chi connectivity index (χ4n) is 2.00. The van der Waals surface area contributed by atoms with Crippen molar-refractivity contribution in [3.63, 3.8) is 0 Å². The molecule has 0 aromatic heterocycles. The first kappa shape index (κ1) is 17.0. The normalized spacial score (nSPS) is 11.2. The van der Waals surface area contributed by atoms with Crippen LogP contribution in [0.2, 0.25) is 0 Å². The average Bonchev–Trinajstić information content (AvgIpc) is 2.60. The van der Waals surface area contributed by atoms with Crippen LogP contribution in [0.3, 0.4) is 0 Å². The lowest BCUT2D eigenvalue weighted by molar-refractivity contribution is 0.405. The minimum absolute atomic E-state index is 0.325. The molecule has 0 amide bonds. The monoisotopic (exact) mass is 331 g/mol. The van der Waals surface area contributed by atoms with E-state index in [-0.39, 0.29) is 0 Å². The first-order valence-corrected chi connectivity index (χ1v) is 8.30. The quantitative estimate of drug-likeness (QED) is 0.483. The van der Waals surface area contributed by atoms with E-state index >= 15 is 0 Å². The molecular formula is C17H21N3O2S. The Morgan fingerprint density at radius 2 is 1.87 bits per heavy atom. The Kier molecular flexibility index (Phi) is 6.17. The molecule has 0 atom stereocenters. The van der Waals surface area contributed by atoms with Gasteiger partial charge in [-0.05, 0) is 36.1 Å². The van der Waals surface area contributed by atoms with Gasteiger partial charge in [0, 0.05) is 11.0 Å². The highest BCUT2D eigenvalue weighted by atomic mass is 32.2. The Morgan fingerprint density at radius 3 is 2.48 bits per heavy atom. The second-order valence-electron chi connectivity index (χ2n) is 4.74. The highest BCUT2D eigenvalue weighted by molar-refractivity contribution is 7.98. The van der Waals surface area contributed by atoms with Gasteiger partial charge < -0.3 is 20.5 Å². The Balaban J connectivity index is 2.06. The van der Waals surface area contributed by atoms with Crippen LogP contribution in [0.15, 0.2) is 52.4 Å². The summed E-state index contributed by atoms with van der Waals surface area (Å²) in [5.41, 5.74) is 7.78. The Labute approximate surface area is 140 Å². The van der Waals surface area contributed by atoms with Crippen molar-refractivity contribution in [3.8, 4) is 11.5 Å². The summed E-state index contributed by atoms with van der Waals surface area (Å²) < 4.78 is 10.5. The van der Waals surface area contributed by atoms with Crippen LogP contribution in [0.25, 0.3) is 0 Å². The number of benzene rings is 2. The molecule has 6 heteroatoms. The fraction of sp³-hybridized carbons (Fsp3) is 0.235. The highest BCUT2D eigenvalue weighted by Gasteiger charge is 2.06. The zero-order chi connectivity index (χ0) is 16.7. The summed E-state index contributed by atoms with van der Waals surface area (Å²) >= 11 is 1.71. The molecule has 5 nitrogen and oxygen atoms in total. The van der Waals surface area contributed by atoms with E-state index in [0.717, 1.165) is 5.56 Å². The molecule has 0 fully saturated rings. The number of hydrogen-bond donors (Lipinski definition) is 2. The van der Waals surface area contributed by atoms with Crippen molar-refractivity contribution in [1.29, 1.82) is 0 Å². The summed E-state index contributed by atoms with van der Waals surface area (Å²) in [6, 6.07) is 13.7. The molecule has 2 aromatic rings. The maximum Gasteiger partial charge on any atom is 0.193 e. The van der Waals surface area contributed by atoms with Gasteiger partial charge in [-0.3, -0.25) is 0 Å². The van der Waals surface area contributed by atoms with E-state index in [4.69, 9.17) is 15.2 Å². The summed E-state index contributed by atoms with van der Waals surface area (Å²) in [5.74, 6) is 1.72. The lowest BCUT2D eigenvalue weighted by atomic mass is 10.2. The molecule has 2 aromatic carbocycles. The van der Waals surface area contributed by atoms with Crippen LogP contribution < -0.4 is 20.5 Å². The molecule has 2 rings (SSSR count). The topological polar surface area (TPSA) is 68.9 Å². The van der Waals surface area contributed by atoms with Gasteiger partial charge >= 0.3 is 0 Å². The molecule has 0 bridgehead atoms. The van der Waals surface area contributed by atoms with Crippen molar-refractivity contribution in [2.45, 2.75) is 11.4 Å². The third-order valence-electron chi connectivity index (χ3n) is 3.26.